The molecule has 6 rings (SSSR count). The fraction of sp³-hybridized carbons (Fsp3) is 0.404. The minimum atomic E-state index is -0.694. The smallest absolute Gasteiger partial charge is 0.412 e. The molecule has 0 radical (unpaired) electrons. The van der Waals surface area contributed by atoms with Gasteiger partial charge in [0.25, 0.3) is 5.91 Å². The van der Waals surface area contributed by atoms with Crippen molar-refractivity contribution >= 4 is 29.3 Å². The molecule has 0 aliphatic heterocycles. The molecule has 2 aromatic heterocycles. The van der Waals surface area contributed by atoms with Gasteiger partial charge in [0.2, 0.25) is 0 Å². The largest absolute Gasteiger partial charge is 0.493 e. The zero-order valence-corrected chi connectivity index (χ0v) is 41.6. The maximum atomic E-state index is 14.3. The molecular weight excluding hydrogens is 881 g/mol. The van der Waals surface area contributed by atoms with Crippen molar-refractivity contribution in [3.05, 3.63) is 96.3 Å². The monoisotopic (exact) mass is 944 g/mol. The zero-order chi connectivity index (χ0) is 50.0. The maximum absolute atomic E-state index is 14.3. The number of hydrogen-bond acceptors (Lipinski definition) is 13. The summed E-state index contributed by atoms with van der Waals surface area (Å²) < 4.78 is 38.0. The highest BCUT2D eigenvalue weighted by atomic mass is 16.6. The lowest BCUT2D eigenvalue weighted by Gasteiger charge is -2.20. The third-order valence-corrected chi connectivity index (χ3v) is 9.62. The number of carbonyl (C=O) groups excluding carboxylic acids is 3. The molecule has 6 aromatic rings. The summed E-state index contributed by atoms with van der Waals surface area (Å²) in [7, 11) is 1.32. The standard InChI is InChI=1S/C52H64N8O9/c1-31(2)27-65-43-17-35(47-26-60(58-55-47)42-16-38(50(62)64-12)20-46(24-42)68-30-34(7)8)13-39(21-43)53-49(61)37-15-41(23-45(19-37)67-29-33(5)6)59-25-48(56-57-59)36-14-40(54-51(63)69-52(9,10)11)22-44(18-36)66-28-32(3)4/h13-26,31-34H,27-30H2,1-12H3,(H,53,61)(H,54,63). The van der Waals surface area contributed by atoms with Crippen molar-refractivity contribution in [2.45, 2.75) is 81.8 Å². The van der Waals surface area contributed by atoms with E-state index in [1.54, 1.807) is 103 Å². The molecule has 0 unspecified atom stereocenters. The van der Waals surface area contributed by atoms with E-state index in [0.717, 1.165) is 0 Å². The summed E-state index contributed by atoms with van der Waals surface area (Å²) in [6.45, 7) is 23.5. The lowest BCUT2D eigenvalue weighted by molar-refractivity contribution is 0.0597. The van der Waals surface area contributed by atoms with Crippen molar-refractivity contribution in [1.29, 1.82) is 0 Å². The Kier molecular flexibility index (Phi) is 16.7. The van der Waals surface area contributed by atoms with Gasteiger partial charge in [-0.25, -0.2) is 19.0 Å². The third-order valence-electron chi connectivity index (χ3n) is 9.62. The number of benzene rings is 4. The first kappa shape index (κ1) is 51.0. The van der Waals surface area contributed by atoms with Gasteiger partial charge in [-0.3, -0.25) is 10.1 Å². The summed E-state index contributed by atoms with van der Waals surface area (Å²) in [5.41, 5.74) is 4.05. The van der Waals surface area contributed by atoms with Gasteiger partial charge in [-0.05, 0) is 93.0 Å². The Morgan fingerprint density at radius 2 is 0.942 bits per heavy atom. The molecule has 2 N–H and O–H groups in total. The van der Waals surface area contributed by atoms with E-state index >= 15 is 0 Å². The van der Waals surface area contributed by atoms with Gasteiger partial charge < -0.3 is 33.7 Å². The van der Waals surface area contributed by atoms with E-state index in [9.17, 15) is 14.4 Å². The summed E-state index contributed by atoms with van der Waals surface area (Å²) in [5.74, 6) is 1.99. The van der Waals surface area contributed by atoms with Crippen LogP contribution in [0.25, 0.3) is 33.9 Å². The Bertz CT molecular complexity index is 2730. The fourth-order valence-corrected chi connectivity index (χ4v) is 6.49. The molecule has 0 atom stereocenters. The molecule has 2 heterocycles. The second-order valence-electron chi connectivity index (χ2n) is 19.4. The molecule has 17 heteroatoms. The number of amides is 2. The first-order valence-corrected chi connectivity index (χ1v) is 23.1. The number of anilines is 2. The Hall–Kier alpha value is -7.43. The van der Waals surface area contributed by atoms with Crippen LogP contribution in [0.5, 0.6) is 23.0 Å². The summed E-state index contributed by atoms with van der Waals surface area (Å²) >= 11 is 0. The molecule has 17 nitrogen and oxygen atoms in total. The average Bonchev–Trinajstić information content (AvgIpc) is 4.00. The number of ether oxygens (including phenoxy) is 6. The van der Waals surface area contributed by atoms with Crippen LogP contribution in [-0.2, 0) is 9.47 Å². The van der Waals surface area contributed by atoms with Crippen molar-refractivity contribution < 1.29 is 42.8 Å². The third kappa shape index (κ3) is 15.0. The number of esters is 1. The lowest BCUT2D eigenvalue weighted by atomic mass is 10.1. The Morgan fingerprint density at radius 3 is 1.36 bits per heavy atom. The SMILES string of the molecule is COC(=O)c1cc(OCC(C)C)cc(-n2cc(-c3cc(NC(=O)c4cc(OCC(C)C)cc(-n5cc(-c6cc(NC(=O)OC(C)(C)C)cc(OCC(C)C)c6)nn5)c4)cc(OCC(C)C)c3)nn2)c1. The van der Waals surface area contributed by atoms with E-state index in [0.29, 0.717) is 106 Å². The van der Waals surface area contributed by atoms with Crippen molar-refractivity contribution in [2.24, 2.45) is 23.7 Å². The van der Waals surface area contributed by atoms with Gasteiger partial charge in [0, 0.05) is 52.3 Å². The average molecular weight is 945 g/mol. The topological polar surface area (TPSA) is 192 Å². The van der Waals surface area contributed by atoms with Crippen LogP contribution < -0.4 is 29.6 Å². The van der Waals surface area contributed by atoms with Gasteiger partial charge in [-0.2, -0.15) is 0 Å². The summed E-state index contributed by atoms with van der Waals surface area (Å²) in [6, 6.07) is 20.9. The maximum Gasteiger partial charge on any atom is 0.412 e. The second kappa shape index (κ2) is 22.6. The highest BCUT2D eigenvalue weighted by Gasteiger charge is 2.20. The number of aromatic nitrogens is 6. The van der Waals surface area contributed by atoms with Crippen LogP contribution in [0.1, 0.15) is 96.9 Å². The normalized spacial score (nSPS) is 11.5. The molecule has 0 aliphatic carbocycles. The molecule has 69 heavy (non-hydrogen) atoms. The fourth-order valence-electron chi connectivity index (χ4n) is 6.49. The molecule has 0 spiro atoms. The van der Waals surface area contributed by atoms with E-state index in [1.807, 2.05) is 67.5 Å². The van der Waals surface area contributed by atoms with Gasteiger partial charge >= 0.3 is 12.1 Å². The molecule has 2 amide bonds. The van der Waals surface area contributed by atoms with Gasteiger partial charge in [-0.1, -0.05) is 65.8 Å². The van der Waals surface area contributed by atoms with Crippen molar-refractivity contribution in [1.82, 2.24) is 30.0 Å². The predicted octanol–water partition coefficient (Wildman–Crippen LogP) is 10.7. The van der Waals surface area contributed by atoms with E-state index in [2.05, 4.69) is 31.3 Å². The summed E-state index contributed by atoms with van der Waals surface area (Å²) in [5, 5.41) is 23.6. The van der Waals surface area contributed by atoms with Crippen LogP contribution in [0, 0.1) is 23.7 Å². The Balaban J connectivity index is 1.32. The van der Waals surface area contributed by atoms with Crippen molar-refractivity contribution in [2.75, 3.05) is 44.2 Å². The molecule has 0 saturated heterocycles. The first-order valence-electron chi connectivity index (χ1n) is 23.1. The molecule has 366 valence electrons. The minimum Gasteiger partial charge on any atom is -0.493 e. The Morgan fingerprint density at radius 1 is 0.536 bits per heavy atom. The molecule has 0 fully saturated rings. The van der Waals surface area contributed by atoms with Crippen LogP contribution in [-0.4, -0.2) is 87.1 Å². The van der Waals surface area contributed by atoms with E-state index in [-0.39, 0.29) is 23.7 Å². The van der Waals surface area contributed by atoms with Crippen LogP contribution in [0.15, 0.2) is 85.2 Å². The van der Waals surface area contributed by atoms with Crippen LogP contribution >= 0.6 is 0 Å². The van der Waals surface area contributed by atoms with Gasteiger partial charge in [0.15, 0.2) is 0 Å². The molecule has 4 aromatic carbocycles. The summed E-state index contributed by atoms with van der Waals surface area (Å²) in [4.78, 5) is 39.7. The summed E-state index contributed by atoms with van der Waals surface area (Å²) in [6.07, 6.45) is 2.84. The zero-order valence-electron chi connectivity index (χ0n) is 41.6. The van der Waals surface area contributed by atoms with E-state index in [4.69, 9.17) is 28.4 Å². The van der Waals surface area contributed by atoms with Crippen LogP contribution in [0.4, 0.5) is 16.2 Å². The molecule has 0 saturated carbocycles. The molecule has 0 bridgehead atoms. The second-order valence-corrected chi connectivity index (χ2v) is 19.4. The number of hydrogen-bond donors (Lipinski definition) is 2. The number of nitrogens with zero attached hydrogens (tertiary/aromatic N) is 6. The highest BCUT2D eigenvalue weighted by Crippen LogP contribution is 2.32. The van der Waals surface area contributed by atoms with Gasteiger partial charge in [0.1, 0.15) is 40.0 Å². The Labute approximate surface area is 403 Å². The molecule has 0 aliphatic rings. The highest BCUT2D eigenvalue weighted by molar-refractivity contribution is 6.05. The quantitative estimate of drug-likeness (QED) is 0.0688. The van der Waals surface area contributed by atoms with Crippen LogP contribution in [0.2, 0.25) is 0 Å². The molecular formula is C52H64N8O9. The number of methoxy groups -OCH3 is 1. The minimum absolute atomic E-state index is 0.208. The number of rotatable bonds is 20. The van der Waals surface area contributed by atoms with Gasteiger partial charge in [0.05, 0.1) is 62.9 Å². The van der Waals surface area contributed by atoms with Crippen molar-refractivity contribution in [3.8, 4) is 56.9 Å². The lowest BCUT2D eigenvalue weighted by Crippen LogP contribution is -2.27. The van der Waals surface area contributed by atoms with E-state index < -0.39 is 23.6 Å². The van der Waals surface area contributed by atoms with Gasteiger partial charge in [-0.15, -0.1) is 10.2 Å². The first-order chi connectivity index (χ1) is 32.7. The van der Waals surface area contributed by atoms with Crippen molar-refractivity contribution in [3.63, 3.8) is 0 Å². The predicted molar refractivity (Wildman–Crippen MR) is 264 cm³/mol. The van der Waals surface area contributed by atoms with Crippen LogP contribution in [0.3, 0.4) is 0 Å². The number of nitrogens with one attached hydrogen (secondary N) is 2. The van der Waals surface area contributed by atoms with E-state index in [1.165, 1.54) is 7.11 Å². The number of carbonyl (C=O) groups is 3.